The van der Waals surface area contributed by atoms with Gasteiger partial charge >= 0.3 is 0 Å². The maximum atomic E-state index is 5.94. The summed E-state index contributed by atoms with van der Waals surface area (Å²) in [5, 5.41) is 14.1. The summed E-state index contributed by atoms with van der Waals surface area (Å²) in [6, 6.07) is 0. The standard InChI is InChI=1S/C7H14ClN5O/c1-13-7(10-11-12-13)9-4-3-6(8)5-14-2/h6H,3-5H2,1-2H3,(H,9,10,12). The average molecular weight is 220 g/mol. The first-order valence-corrected chi connectivity index (χ1v) is 4.77. The number of hydrogen-bond donors (Lipinski definition) is 1. The quantitative estimate of drug-likeness (QED) is 0.696. The van der Waals surface area contributed by atoms with Gasteiger partial charge in [-0.1, -0.05) is 5.10 Å². The zero-order valence-corrected chi connectivity index (χ0v) is 9.03. The van der Waals surface area contributed by atoms with E-state index in [1.165, 1.54) is 0 Å². The summed E-state index contributed by atoms with van der Waals surface area (Å²) in [5.41, 5.74) is 0. The number of hydrogen-bond acceptors (Lipinski definition) is 5. The Labute approximate surface area is 87.6 Å². The van der Waals surface area contributed by atoms with Gasteiger partial charge in [0.05, 0.1) is 12.0 Å². The summed E-state index contributed by atoms with van der Waals surface area (Å²) in [6.45, 7) is 1.28. The molecule has 1 aromatic heterocycles. The number of nitrogens with one attached hydrogen (secondary N) is 1. The van der Waals surface area contributed by atoms with Gasteiger partial charge in [0.2, 0.25) is 5.95 Å². The number of tetrazole rings is 1. The van der Waals surface area contributed by atoms with Crippen LogP contribution in [0, 0.1) is 0 Å². The van der Waals surface area contributed by atoms with Crippen LogP contribution in [0.15, 0.2) is 0 Å². The number of rotatable bonds is 6. The Balaban J connectivity index is 2.19. The molecule has 1 atom stereocenters. The van der Waals surface area contributed by atoms with Gasteiger partial charge in [0.15, 0.2) is 0 Å². The van der Waals surface area contributed by atoms with Gasteiger partial charge < -0.3 is 10.1 Å². The summed E-state index contributed by atoms with van der Waals surface area (Å²) < 4.78 is 6.48. The molecule has 1 N–H and O–H groups in total. The molecule has 80 valence electrons. The molecule has 0 bridgehead atoms. The molecule has 0 aliphatic carbocycles. The van der Waals surface area contributed by atoms with Crippen molar-refractivity contribution < 1.29 is 4.74 Å². The molecule has 0 saturated heterocycles. The molecule has 0 spiro atoms. The number of anilines is 1. The van der Waals surface area contributed by atoms with Crippen molar-refractivity contribution in [3.05, 3.63) is 0 Å². The smallest absolute Gasteiger partial charge is 0.242 e. The molecule has 0 aliphatic heterocycles. The van der Waals surface area contributed by atoms with E-state index in [-0.39, 0.29) is 5.38 Å². The minimum Gasteiger partial charge on any atom is -0.383 e. The van der Waals surface area contributed by atoms with E-state index in [2.05, 4.69) is 20.8 Å². The van der Waals surface area contributed by atoms with Crippen molar-refractivity contribution in [1.29, 1.82) is 0 Å². The van der Waals surface area contributed by atoms with Crippen LogP contribution in [0.1, 0.15) is 6.42 Å². The van der Waals surface area contributed by atoms with E-state index in [1.807, 2.05) is 0 Å². The Morgan fingerprint density at radius 1 is 1.64 bits per heavy atom. The number of aromatic nitrogens is 4. The summed E-state index contributed by atoms with van der Waals surface area (Å²) in [5.74, 6) is 0.645. The van der Waals surface area contributed by atoms with Gasteiger partial charge in [0.25, 0.3) is 0 Å². The van der Waals surface area contributed by atoms with Gasteiger partial charge in [0, 0.05) is 20.7 Å². The zero-order chi connectivity index (χ0) is 10.4. The molecule has 0 amide bonds. The van der Waals surface area contributed by atoms with Gasteiger partial charge in [-0.3, -0.25) is 0 Å². The zero-order valence-electron chi connectivity index (χ0n) is 8.27. The lowest BCUT2D eigenvalue weighted by Crippen LogP contribution is -2.15. The fourth-order valence-electron chi connectivity index (χ4n) is 0.984. The number of methoxy groups -OCH3 is 1. The number of halogens is 1. The molecule has 0 saturated carbocycles. The molecule has 0 fully saturated rings. The average Bonchev–Trinajstić information content (AvgIpc) is 2.52. The Morgan fingerprint density at radius 3 is 3.00 bits per heavy atom. The summed E-state index contributed by atoms with van der Waals surface area (Å²) in [6.07, 6.45) is 0.808. The molecular weight excluding hydrogens is 206 g/mol. The van der Waals surface area contributed by atoms with E-state index < -0.39 is 0 Å². The Hall–Kier alpha value is -0.880. The van der Waals surface area contributed by atoms with Crippen molar-refractivity contribution in [2.45, 2.75) is 11.8 Å². The van der Waals surface area contributed by atoms with Crippen molar-refractivity contribution in [2.24, 2.45) is 7.05 Å². The van der Waals surface area contributed by atoms with Crippen molar-refractivity contribution in [2.75, 3.05) is 25.6 Å². The summed E-state index contributed by atoms with van der Waals surface area (Å²) in [4.78, 5) is 0. The van der Waals surface area contributed by atoms with Crippen LogP contribution in [0.4, 0.5) is 5.95 Å². The molecular formula is C7H14ClN5O. The van der Waals surface area contributed by atoms with Crippen molar-refractivity contribution in [1.82, 2.24) is 20.2 Å². The number of aryl methyl sites for hydroxylation is 1. The second kappa shape index (κ2) is 5.77. The van der Waals surface area contributed by atoms with E-state index in [4.69, 9.17) is 16.3 Å². The molecule has 0 radical (unpaired) electrons. The summed E-state index contributed by atoms with van der Waals surface area (Å²) >= 11 is 5.94. The van der Waals surface area contributed by atoms with Gasteiger partial charge in [-0.2, -0.15) is 0 Å². The van der Waals surface area contributed by atoms with Crippen LogP contribution in [0.3, 0.4) is 0 Å². The van der Waals surface area contributed by atoms with Gasteiger partial charge in [-0.05, 0) is 16.8 Å². The predicted molar refractivity (Wildman–Crippen MR) is 53.4 cm³/mol. The molecule has 7 heteroatoms. The van der Waals surface area contributed by atoms with Crippen molar-refractivity contribution >= 4 is 17.5 Å². The minimum absolute atomic E-state index is 0.0219. The Morgan fingerprint density at radius 2 is 2.43 bits per heavy atom. The molecule has 1 heterocycles. The van der Waals surface area contributed by atoms with Crippen molar-refractivity contribution in [3.63, 3.8) is 0 Å². The van der Waals surface area contributed by atoms with Crippen LogP contribution < -0.4 is 5.32 Å². The fourth-order valence-corrected chi connectivity index (χ4v) is 1.22. The van der Waals surface area contributed by atoms with Gasteiger partial charge in [-0.25, -0.2) is 4.68 Å². The summed E-state index contributed by atoms with van der Waals surface area (Å²) in [7, 11) is 3.41. The molecule has 0 aromatic carbocycles. The Bertz CT molecular complexity index is 266. The van der Waals surface area contributed by atoms with Gasteiger partial charge in [0.1, 0.15) is 0 Å². The molecule has 14 heavy (non-hydrogen) atoms. The van der Waals surface area contributed by atoms with Crippen LogP contribution >= 0.6 is 11.6 Å². The maximum Gasteiger partial charge on any atom is 0.242 e. The number of alkyl halides is 1. The monoisotopic (exact) mass is 219 g/mol. The lowest BCUT2D eigenvalue weighted by atomic mass is 10.3. The fraction of sp³-hybridized carbons (Fsp3) is 0.857. The number of nitrogens with zero attached hydrogens (tertiary/aromatic N) is 4. The van der Waals surface area contributed by atoms with Crippen LogP contribution in [0.2, 0.25) is 0 Å². The lowest BCUT2D eigenvalue weighted by Gasteiger charge is -2.08. The first-order valence-electron chi connectivity index (χ1n) is 4.33. The predicted octanol–water partition coefficient (Wildman–Crippen LogP) is 0.266. The third-order valence-electron chi connectivity index (χ3n) is 1.71. The van der Waals surface area contributed by atoms with E-state index in [1.54, 1.807) is 18.8 Å². The maximum absolute atomic E-state index is 5.94. The molecule has 6 nitrogen and oxygen atoms in total. The van der Waals surface area contributed by atoms with E-state index in [9.17, 15) is 0 Å². The minimum atomic E-state index is 0.0219. The van der Waals surface area contributed by atoms with Crippen LogP contribution in [0.5, 0.6) is 0 Å². The van der Waals surface area contributed by atoms with E-state index in [0.717, 1.165) is 13.0 Å². The molecule has 1 rings (SSSR count). The first kappa shape index (κ1) is 11.2. The third-order valence-corrected chi connectivity index (χ3v) is 2.05. The second-order valence-electron chi connectivity index (χ2n) is 2.89. The van der Waals surface area contributed by atoms with Crippen molar-refractivity contribution in [3.8, 4) is 0 Å². The van der Waals surface area contributed by atoms with E-state index in [0.29, 0.717) is 12.6 Å². The second-order valence-corrected chi connectivity index (χ2v) is 3.51. The number of ether oxygens (including phenoxy) is 1. The largest absolute Gasteiger partial charge is 0.383 e. The Kier molecular flexibility index (Phi) is 4.61. The topological polar surface area (TPSA) is 64.9 Å². The first-order chi connectivity index (χ1) is 6.74. The van der Waals surface area contributed by atoms with Gasteiger partial charge in [-0.15, -0.1) is 11.6 Å². The van der Waals surface area contributed by atoms with Crippen LogP contribution in [-0.4, -0.2) is 45.8 Å². The highest BCUT2D eigenvalue weighted by molar-refractivity contribution is 6.20. The lowest BCUT2D eigenvalue weighted by molar-refractivity contribution is 0.196. The van der Waals surface area contributed by atoms with E-state index >= 15 is 0 Å². The highest BCUT2D eigenvalue weighted by Crippen LogP contribution is 2.03. The highest BCUT2D eigenvalue weighted by Gasteiger charge is 2.05. The van der Waals surface area contributed by atoms with Crippen LogP contribution in [0.25, 0.3) is 0 Å². The van der Waals surface area contributed by atoms with Crippen LogP contribution in [-0.2, 0) is 11.8 Å². The molecule has 0 aliphatic rings. The highest BCUT2D eigenvalue weighted by atomic mass is 35.5. The third kappa shape index (κ3) is 3.47. The normalized spacial score (nSPS) is 12.8. The SMILES string of the molecule is COCC(Cl)CCNc1nnnn1C. The molecule has 1 unspecified atom stereocenters. The molecule has 1 aromatic rings.